The lowest BCUT2D eigenvalue weighted by atomic mass is 9.85. The average Bonchev–Trinajstić information content (AvgIpc) is 3.47. The van der Waals surface area contributed by atoms with Gasteiger partial charge < -0.3 is 10.6 Å². The van der Waals surface area contributed by atoms with Gasteiger partial charge in [0, 0.05) is 38.3 Å². The molecule has 0 aromatic heterocycles. The zero-order valence-electron chi connectivity index (χ0n) is 14.5. The largest absolute Gasteiger partial charge is 0.353 e. The highest BCUT2D eigenvalue weighted by Gasteiger charge is 2.43. The Morgan fingerprint density at radius 3 is 2.48 bits per heavy atom. The first-order chi connectivity index (χ1) is 10.8. The Balaban J connectivity index is 0.00000156. The molecule has 1 aliphatic heterocycles. The summed E-state index contributed by atoms with van der Waals surface area (Å²) in [5.74, 6) is 2.96. The number of hydrogen-bond donors (Lipinski definition) is 2. The molecule has 23 heavy (non-hydrogen) atoms. The SMILES string of the molecule is CN=C(NC1CCN(C2CC2)C1)NC1CC1C1CCCCC1.I. The molecule has 4 aliphatic rings. The number of nitrogens with one attached hydrogen (secondary N) is 2. The van der Waals surface area contributed by atoms with Crippen LogP contribution in [0, 0.1) is 11.8 Å². The summed E-state index contributed by atoms with van der Waals surface area (Å²) in [6, 6.07) is 2.19. The van der Waals surface area contributed by atoms with E-state index in [0.29, 0.717) is 12.1 Å². The van der Waals surface area contributed by atoms with Crippen molar-refractivity contribution in [2.24, 2.45) is 16.8 Å². The molecule has 132 valence electrons. The summed E-state index contributed by atoms with van der Waals surface area (Å²) in [7, 11) is 1.92. The second-order valence-corrected chi connectivity index (χ2v) is 7.98. The van der Waals surface area contributed by atoms with Crippen LogP contribution in [0.1, 0.15) is 57.8 Å². The number of nitrogens with zero attached hydrogens (tertiary/aromatic N) is 2. The van der Waals surface area contributed by atoms with E-state index >= 15 is 0 Å². The molecule has 4 nitrogen and oxygen atoms in total. The molecule has 0 radical (unpaired) electrons. The summed E-state index contributed by atoms with van der Waals surface area (Å²) < 4.78 is 0. The molecule has 0 aromatic rings. The second-order valence-electron chi connectivity index (χ2n) is 7.98. The van der Waals surface area contributed by atoms with Gasteiger partial charge >= 0.3 is 0 Å². The predicted molar refractivity (Wildman–Crippen MR) is 107 cm³/mol. The standard InChI is InChI=1S/C18H32N4.HI/c1-19-18(20-14-9-10-22(12-14)15-7-8-15)21-17-11-16(17)13-5-3-2-4-6-13;/h13-17H,2-12H2,1H3,(H2,19,20,21);1H. The van der Waals surface area contributed by atoms with Crippen molar-refractivity contribution in [3.05, 3.63) is 0 Å². The zero-order chi connectivity index (χ0) is 14.9. The molecule has 3 aliphatic carbocycles. The van der Waals surface area contributed by atoms with Gasteiger partial charge in [-0.2, -0.15) is 0 Å². The van der Waals surface area contributed by atoms with Crippen LogP contribution in [0.5, 0.6) is 0 Å². The van der Waals surface area contributed by atoms with E-state index in [-0.39, 0.29) is 24.0 Å². The van der Waals surface area contributed by atoms with E-state index in [9.17, 15) is 0 Å². The summed E-state index contributed by atoms with van der Waals surface area (Å²) >= 11 is 0. The molecule has 3 atom stereocenters. The fraction of sp³-hybridized carbons (Fsp3) is 0.944. The lowest BCUT2D eigenvalue weighted by molar-refractivity contribution is 0.315. The zero-order valence-corrected chi connectivity index (χ0v) is 16.8. The summed E-state index contributed by atoms with van der Waals surface area (Å²) in [6.45, 7) is 2.48. The van der Waals surface area contributed by atoms with Gasteiger partial charge in [0.1, 0.15) is 0 Å². The van der Waals surface area contributed by atoms with Crippen LogP contribution in [0.2, 0.25) is 0 Å². The minimum absolute atomic E-state index is 0. The van der Waals surface area contributed by atoms with Crippen LogP contribution in [-0.2, 0) is 0 Å². The highest BCUT2D eigenvalue weighted by atomic mass is 127. The molecular formula is C18H33IN4. The molecule has 4 rings (SSSR count). The summed E-state index contributed by atoms with van der Waals surface area (Å²) in [6.07, 6.45) is 12.8. The molecule has 5 heteroatoms. The highest BCUT2D eigenvalue weighted by molar-refractivity contribution is 14.0. The molecule has 0 spiro atoms. The third-order valence-electron chi connectivity index (χ3n) is 6.26. The first-order valence-electron chi connectivity index (χ1n) is 9.57. The first kappa shape index (κ1) is 17.8. The van der Waals surface area contributed by atoms with Crippen LogP contribution in [0.15, 0.2) is 4.99 Å². The van der Waals surface area contributed by atoms with Crippen molar-refractivity contribution in [2.75, 3.05) is 20.1 Å². The van der Waals surface area contributed by atoms with E-state index in [2.05, 4.69) is 20.5 Å². The van der Waals surface area contributed by atoms with Crippen molar-refractivity contribution >= 4 is 29.9 Å². The van der Waals surface area contributed by atoms with E-state index in [0.717, 1.165) is 23.8 Å². The van der Waals surface area contributed by atoms with Gasteiger partial charge in [0.2, 0.25) is 0 Å². The lowest BCUT2D eigenvalue weighted by Gasteiger charge is -2.22. The second kappa shape index (κ2) is 7.89. The van der Waals surface area contributed by atoms with Gasteiger partial charge in [-0.15, -0.1) is 24.0 Å². The van der Waals surface area contributed by atoms with Gasteiger partial charge in [-0.25, -0.2) is 0 Å². The van der Waals surface area contributed by atoms with E-state index in [1.807, 2.05) is 7.05 Å². The number of halogens is 1. The quantitative estimate of drug-likeness (QED) is 0.408. The van der Waals surface area contributed by atoms with Crippen LogP contribution >= 0.6 is 24.0 Å². The number of guanidine groups is 1. The Hall–Kier alpha value is -0.0400. The molecule has 3 unspecified atom stereocenters. The first-order valence-corrected chi connectivity index (χ1v) is 9.57. The third kappa shape index (κ3) is 4.53. The van der Waals surface area contributed by atoms with Crippen LogP contribution in [-0.4, -0.2) is 49.1 Å². The molecule has 0 aromatic carbocycles. The summed E-state index contributed by atoms with van der Waals surface area (Å²) in [5, 5.41) is 7.37. The maximum atomic E-state index is 4.47. The fourth-order valence-electron chi connectivity index (χ4n) is 4.68. The van der Waals surface area contributed by atoms with E-state index in [4.69, 9.17) is 0 Å². The summed E-state index contributed by atoms with van der Waals surface area (Å²) in [4.78, 5) is 7.13. The third-order valence-corrected chi connectivity index (χ3v) is 6.26. The van der Waals surface area contributed by atoms with E-state index < -0.39 is 0 Å². The van der Waals surface area contributed by atoms with Crippen LogP contribution < -0.4 is 10.6 Å². The van der Waals surface area contributed by atoms with E-state index in [1.165, 1.54) is 70.9 Å². The number of rotatable bonds is 4. The normalized spacial score (nSPS) is 35.7. The Kier molecular flexibility index (Phi) is 6.10. The fourth-order valence-corrected chi connectivity index (χ4v) is 4.68. The van der Waals surface area contributed by atoms with Crippen molar-refractivity contribution in [1.82, 2.24) is 15.5 Å². The Bertz CT molecular complexity index is 417. The van der Waals surface area contributed by atoms with Crippen LogP contribution in [0.3, 0.4) is 0 Å². The minimum Gasteiger partial charge on any atom is -0.353 e. The lowest BCUT2D eigenvalue weighted by Crippen LogP contribution is -2.46. The van der Waals surface area contributed by atoms with Gasteiger partial charge in [-0.05, 0) is 37.5 Å². The molecule has 1 saturated heterocycles. The predicted octanol–water partition coefficient (Wildman–Crippen LogP) is 2.97. The maximum Gasteiger partial charge on any atom is 0.191 e. The van der Waals surface area contributed by atoms with Crippen LogP contribution in [0.25, 0.3) is 0 Å². The minimum atomic E-state index is 0. The molecule has 0 bridgehead atoms. The monoisotopic (exact) mass is 432 g/mol. The highest BCUT2D eigenvalue weighted by Crippen LogP contribution is 2.44. The number of likely N-dealkylation sites (tertiary alicyclic amines) is 1. The summed E-state index contributed by atoms with van der Waals surface area (Å²) in [5.41, 5.74) is 0. The Morgan fingerprint density at radius 2 is 1.78 bits per heavy atom. The van der Waals surface area contributed by atoms with Gasteiger partial charge in [-0.3, -0.25) is 9.89 Å². The molecule has 3 saturated carbocycles. The van der Waals surface area contributed by atoms with Gasteiger partial charge in [0.05, 0.1) is 0 Å². The maximum absolute atomic E-state index is 4.47. The van der Waals surface area contributed by atoms with Crippen molar-refractivity contribution in [3.63, 3.8) is 0 Å². The molecule has 0 amide bonds. The topological polar surface area (TPSA) is 39.7 Å². The Labute approximate surface area is 158 Å². The van der Waals surface area contributed by atoms with E-state index in [1.54, 1.807) is 0 Å². The molecule has 1 heterocycles. The molecule has 2 N–H and O–H groups in total. The van der Waals surface area contributed by atoms with Crippen molar-refractivity contribution in [2.45, 2.75) is 75.9 Å². The number of aliphatic imine (C=N–C) groups is 1. The van der Waals surface area contributed by atoms with Crippen LogP contribution in [0.4, 0.5) is 0 Å². The smallest absolute Gasteiger partial charge is 0.191 e. The molecular weight excluding hydrogens is 399 g/mol. The van der Waals surface area contributed by atoms with Gasteiger partial charge in [0.25, 0.3) is 0 Å². The average molecular weight is 432 g/mol. The molecule has 4 fully saturated rings. The van der Waals surface area contributed by atoms with Crippen molar-refractivity contribution in [1.29, 1.82) is 0 Å². The number of hydrogen-bond acceptors (Lipinski definition) is 2. The van der Waals surface area contributed by atoms with Gasteiger partial charge in [-0.1, -0.05) is 32.1 Å². The van der Waals surface area contributed by atoms with Crippen molar-refractivity contribution in [3.8, 4) is 0 Å². The van der Waals surface area contributed by atoms with Gasteiger partial charge in [0.15, 0.2) is 5.96 Å². The van der Waals surface area contributed by atoms with Crippen molar-refractivity contribution < 1.29 is 0 Å². The Morgan fingerprint density at radius 1 is 1.00 bits per heavy atom.